The molecule has 0 saturated carbocycles. The fraction of sp³-hybridized carbons (Fsp3) is 0.647. The number of hydrogen-bond acceptors (Lipinski definition) is 5. The van der Waals surface area contributed by atoms with Gasteiger partial charge in [0.2, 0.25) is 19.7 Å². The first-order valence-electron chi connectivity index (χ1n) is 8.55. The Hall–Kier alpha value is -1.64. The normalized spacial score (nSPS) is 14.4. The zero-order valence-electron chi connectivity index (χ0n) is 18.6. The van der Waals surface area contributed by atoms with E-state index in [1.165, 1.54) is 5.56 Å². The molecule has 0 amide bonds. The van der Waals surface area contributed by atoms with E-state index in [4.69, 9.17) is 0 Å². The molecule has 1 unspecified atom stereocenters. The lowest BCUT2D eigenvalue weighted by atomic mass is 10.1. The van der Waals surface area contributed by atoms with Crippen LogP contribution in [0.3, 0.4) is 0 Å². The van der Waals surface area contributed by atoms with Crippen LogP contribution < -0.4 is 0 Å². The van der Waals surface area contributed by atoms with Gasteiger partial charge in [0.05, 0.1) is 0 Å². The van der Waals surface area contributed by atoms with Crippen LogP contribution in [0.5, 0.6) is 0 Å². The number of aryl methyl sites for hydroxylation is 1. The fourth-order valence-electron chi connectivity index (χ4n) is 1.49. The van der Waals surface area contributed by atoms with E-state index in [1.807, 2.05) is 31.2 Å². The minimum absolute atomic E-state index is 0. The average molecular weight is 649 g/mol. The van der Waals surface area contributed by atoms with Crippen LogP contribution in [0.4, 0.5) is 57.1 Å². The molecule has 1 aromatic carbocycles. The van der Waals surface area contributed by atoms with Gasteiger partial charge in [-0.1, -0.05) is 25.1 Å². The minimum Gasteiger partial charge on any atom is -0.255 e. The molecule has 0 aliphatic heterocycles. The van der Waals surface area contributed by atoms with Crippen LogP contribution in [0, 0.1) is 6.92 Å². The van der Waals surface area contributed by atoms with E-state index >= 15 is 0 Å². The molecule has 1 atom stereocenters. The lowest BCUT2D eigenvalue weighted by Gasteiger charge is -2.32. The van der Waals surface area contributed by atoms with Crippen molar-refractivity contribution in [3.05, 3.63) is 29.8 Å². The Morgan fingerprint density at radius 2 is 1.05 bits per heavy atom. The summed E-state index contributed by atoms with van der Waals surface area (Å²) in [5.74, 6) is -14.3. The Morgan fingerprint density at radius 3 is 1.24 bits per heavy atom. The van der Waals surface area contributed by atoms with Crippen molar-refractivity contribution in [2.45, 2.75) is 54.2 Å². The molecule has 0 fully saturated rings. The highest BCUT2D eigenvalue weighted by Gasteiger charge is 2.84. The Kier molecular flexibility index (Phi) is 14.1. The molecule has 5 nitrogen and oxygen atoms in total. The van der Waals surface area contributed by atoms with Gasteiger partial charge >= 0.3 is 35.0 Å². The SMILES string of the molecule is C.CS(=O)(=O)C(F)(F)C(F)(F)C(F)(F)C(F)(F)F.CS(=O)(=O)C(F)(F)C(F)F.Cc1ccc(S(C)=O)cc1. The third-order valence-corrected chi connectivity index (χ3v) is 6.97. The summed E-state index contributed by atoms with van der Waals surface area (Å²) in [5, 5.41) is -11.5. The topological polar surface area (TPSA) is 85.3 Å². The summed E-state index contributed by atoms with van der Waals surface area (Å²) in [7, 11) is -12.0. The lowest BCUT2D eigenvalue weighted by molar-refractivity contribution is -0.382. The number of hydrogen-bond donors (Lipinski definition) is 0. The third kappa shape index (κ3) is 9.53. The number of benzene rings is 1. The van der Waals surface area contributed by atoms with Crippen molar-refractivity contribution >= 4 is 30.5 Å². The first-order valence-corrected chi connectivity index (χ1v) is 13.9. The van der Waals surface area contributed by atoms with Crippen molar-refractivity contribution in [3.8, 4) is 0 Å². The van der Waals surface area contributed by atoms with Gasteiger partial charge in [-0.15, -0.1) is 0 Å². The van der Waals surface area contributed by atoms with Gasteiger partial charge in [-0.3, -0.25) is 4.21 Å². The maximum absolute atomic E-state index is 12.4. The van der Waals surface area contributed by atoms with E-state index in [9.17, 15) is 78.1 Å². The maximum atomic E-state index is 12.4. The van der Waals surface area contributed by atoms with Gasteiger partial charge in [-0.2, -0.15) is 48.3 Å². The van der Waals surface area contributed by atoms with Crippen molar-refractivity contribution < 1.29 is 78.1 Å². The Bertz CT molecular complexity index is 1130. The molecule has 0 aliphatic rings. The summed E-state index contributed by atoms with van der Waals surface area (Å²) in [4.78, 5) is 0.894. The molecule has 38 heavy (non-hydrogen) atoms. The minimum atomic E-state index is -7.19. The van der Waals surface area contributed by atoms with Gasteiger partial charge in [-0.05, 0) is 19.1 Å². The fourth-order valence-corrected chi connectivity index (χ4v) is 2.92. The Balaban J connectivity index is -0.000000504. The molecular formula is C17H21F13O5S3. The van der Waals surface area contributed by atoms with Gasteiger partial charge in [0, 0.05) is 34.5 Å². The molecule has 0 spiro atoms. The summed E-state index contributed by atoms with van der Waals surface area (Å²) >= 11 is 0. The molecular weight excluding hydrogens is 627 g/mol. The molecule has 0 saturated heterocycles. The number of rotatable bonds is 6. The predicted octanol–water partition coefficient (Wildman–Crippen LogP) is 5.71. The molecule has 0 aliphatic carbocycles. The molecule has 0 bridgehead atoms. The van der Waals surface area contributed by atoms with Gasteiger partial charge < -0.3 is 0 Å². The Morgan fingerprint density at radius 1 is 0.711 bits per heavy atom. The summed E-state index contributed by atoms with van der Waals surface area (Å²) in [6.45, 7) is 2.02. The highest BCUT2D eigenvalue weighted by Crippen LogP contribution is 2.54. The summed E-state index contributed by atoms with van der Waals surface area (Å²) < 4.78 is 205. The van der Waals surface area contributed by atoms with Crippen LogP contribution in [-0.4, -0.2) is 74.8 Å². The first-order chi connectivity index (χ1) is 15.9. The second kappa shape index (κ2) is 13.1. The summed E-state index contributed by atoms with van der Waals surface area (Å²) in [6.07, 6.45) is -10.0. The standard InChI is InChI=1S/C8H10OS.C5H3F9O2S.C3H4F4O2S.CH4/c1-7-3-5-8(6-4-7)10(2)9;1-17(15,16)5(13,14)3(8,9)2(6,7)4(10,11)12;1-10(8,9)3(6,7)2(4)5;/h3-6H,1-2H3;1H3;2H,1H3;1H4. The lowest BCUT2D eigenvalue weighted by Crippen LogP contribution is -2.63. The zero-order valence-corrected chi connectivity index (χ0v) is 21.0. The van der Waals surface area contributed by atoms with Gasteiger partial charge in [0.1, 0.15) is 0 Å². The smallest absolute Gasteiger partial charge is 0.255 e. The van der Waals surface area contributed by atoms with E-state index in [2.05, 4.69) is 0 Å². The van der Waals surface area contributed by atoms with Crippen molar-refractivity contribution in [2.24, 2.45) is 0 Å². The quantitative estimate of drug-likeness (QED) is 0.369. The molecule has 228 valence electrons. The molecule has 1 rings (SSSR count). The largest absolute Gasteiger partial charge is 0.460 e. The molecule has 0 aromatic heterocycles. The monoisotopic (exact) mass is 648 g/mol. The van der Waals surface area contributed by atoms with Crippen LogP contribution in [0.25, 0.3) is 0 Å². The van der Waals surface area contributed by atoms with Crippen LogP contribution in [-0.2, 0) is 30.5 Å². The summed E-state index contributed by atoms with van der Waals surface area (Å²) in [6, 6.07) is 7.73. The van der Waals surface area contributed by atoms with Crippen molar-refractivity contribution in [2.75, 3.05) is 18.8 Å². The zero-order chi connectivity index (χ0) is 30.6. The molecule has 0 N–H and O–H groups in total. The summed E-state index contributed by atoms with van der Waals surface area (Å²) in [5.41, 5.74) is 1.20. The van der Waals surface area contributed by atoms with E-state index in [0.29, 0.717) is 0 Å². The second-order valence-corrected chi connectivity index (χ2v) is 12.4. The van der Waals surface area contributed by atoms with Gasteiger partial charge in [0.15, 0.2) is 0 Å². The number of alkyl halides is 13. The molecule has 0 radical (unpaired) electrons. The highest BCUT2D eigenvalue weighted by molar-refractivity contribution is 7.92. The van der Waals surface area contributed by atoms with Crippen molar-refractivity contribution in [1.82, 2.24) is 0 Å². The second-order valence-electron chi connectivity index (χ2n) is 6.84. The van der Waals surface area contributed by atoms with Crippen LogP contribution >= 0.6 is 0 Å². The van der Waals surface area contributed by atoms with E-state index < -0.39 is 71.7 Å². The maximum Gasteiger partial charge on any atom is 0.460 e. The van der Waals surface area contributed by atoms with E-state index in [1.54, 1.807) is 6.26 Å². The van der Waals surface area contributed by atoms with Crippen LogP contribution in [0.2, 0.25) is 0 Å². The van der Waals surface area contributed by atoms with E-state index in [0.717, 1.165) is 4.90 Å². The molecule has 0 heterocycles. The van der Waals surface area contributed by atoms with Crippen LogP contribution in [0.15, 0.2) is 29.2 Å². The van der Waals surface area contributed by atoms with Crippen LogP contribution in [0.1, 0.15) is 13.0 Å². The van der Waals surface area contributed by atoms with Gasteiger partial charge in [-0.25, -0.2) is 25.6 Å². The van der Waals surface area contributed by atoms with Crippen molar-refractivity contribution in [1.29, 1.82) is 0 Å². The average Bonchev–Trinajstić information content (AvgIpc) is 2.66. The predicted molar refractivity (Wildman–Crippen MR) is 112 cm³/mol. The van der Waals surface area contributed by atoms with Gasteiger partial charge in [0.25, 0.3) is 0 Å². The Labute approximate surface area is 211 Å². The third-order valence-electron chi connectivity index (χ3n) is 3.68. The molecule has 21 heteroatoms. The number of sulfone groups is 2. The highest BCUT2D eigenvalue weighted by atomic mass is 32.2. The first kappa shape index (κ1) is 40.9. The number of halogens is 13. The van der Waals surface area contributed by atoms with Crippen molar-refractivity contribution in [3.63, 3.8) is 0 Å². The molecule has 1 aromatic rings. The van der Waals surface area contributed by atoms with E-state index in [-0.39, 0.29) is 13.7 Å².